The third-order valence-corrected chi connectivity index (χ3v) is 5.66. The molecule has 1 amide bonds. The quantitative estimate of drug-likeness (QED) is 0.807. The number of hydrogen-bond acceptors (Lipinski definition) is 2. The van der Waals surface area contributed by atoms with E-state index >= 15 is 0 Å². The van der Waals surface area contributed by atoms with Crippen molar-refractivity contribution in [2.75, 3.05) is 26.0 Å². The van der Waals surface area contributed by atoms with Crippen molar-refractivity contribution in [2.45, 2.75) is 26.7 Å². The molecular weight excluding hydrogens is 270 g/mol. The number of halogens is 1. The molecule has 0 aromatic heterocycles. The average molecular weight is 292 g/mol. The first kappa shape index (κ1) is 14.0. The lowest BCUT2D eigenvalue weighted by atomic mass is 9.66. The average Bonchev–Trinajstić information content (AvgIpc) is 2.52. The minimum atomic E-state index is -0.164. The predicted octanol–water partition coefficient (Wildman–Crippen LogP) is 1.88. The molecule has 94 valence electrons. The number of aliphatic hydroxyl groups excluding tert-OH is 1. The number of carbonyl (C=O) groups excluding carboxylic acids is 1. The maximum atomic E-state index is 12.1. The van der Waals surface area contributed by atoms with Crippen LogP contribution in [0.15, 0.2) is 0 Å². The highest BCUT2D eigenvalue weighted by molar-refractivity contribution is 9.09. The van der Waals surface area contributed by atoms with Gasteiger partial charge in [-0.1, -0.05) is 29.8 Å². The van der Waals surface area contributed by atoms with Crippen LogP contribution in [0.1, 0.15) is 26.7 Å². The molecule has 4 heteroatoms. The summed E-state index contributed by atoms with van der Waals surface area (Å²) in [5.74, 6) is 0.193. The summed E-state index contributed by atoms with van der Waals surface area (Å²) in [6.07, 6.45) is 1.78. The molecule has 3 atom stereocenters. The van der Waals surface area contributed by atoms with E-state index in [9.17, 15) is 9.90 Å². The van der Waals surface area contributed by atoms with Gasteiger partial charge in [0.05, 0.1) is 0 Å². The molecule has 3 unspecified atom stereocenters. The van der Waals surface area contributed by atoms with Crippen LogP contribution in [0.4, 0.5) is 0 Å². The highest BCUT2D eigenvalue weighted by Gasteiger charge is 2.56. The van der Waals surface area contributed by atoms with Crippen molar-refractivity contribution in [3.8, 4) is 0 Å². The molecule has 0 aromatic carbocycles. The Morgan fingerprint density at radius 2 is 2.06 bits per heavy atom. The standard InChI is InChI=1S/C12H22BrNO2/c1-11(8-15)6-5-9(10(16)14(3)4)12(11,2)7-13/h9,15H,5-8H2,1-4H3. The Morgan fingerprint density at radius 3 is 2.44 bits per heavy atom. The van der Waals surface area contributed by atoms with Gasteiger partial charge in [0, 0.05) is 32.0 Å². The molecule has 1 fully saturated rings. The molecule has 0 radical (unpaired) electrons. The number of amides is 1. The second kappa shape index (κ2) is 4.65. The van der Waals surface area contributed by atoms with E-state index < -0.39 is 0 Å². The first-order valence-electron chi connectivity index (χ1n) is 5.70. The van der Waals surface area contributed by atoms with Gasteiger partial charge in [-0.25, -0.2) is 0 Å². The third-order valence-electron chi connectivity index (χ3n) is 4.50. The van der Waals surface area contributed by atoms with Crippen molar-refractivity contribution in [3.05, 3.63) is 0 Å². The summed E-state index contributed by atoms with van der Waals surface area (Å²) in [4.78, 5) is 13.8. The fraction of sp³-hybridized carbons (Fsp3) is 0.917. The number of rotatable bonds is 3. The Bertz CT molecular complexity index is 282. The van der Waals surface area contributed by atoms with E-state index in [4.69, 9.17) is 0 Å². The van der Waals surface area contributed by atoms with Crippen LogP contribution in [-0.2, 0) is 4.79 Å². The molecule has 1 aliphatic carbocycles. The van der Waals surface area contributed by atoms with Crippen molar-refractivity contribution in [2.24, 2.45) is 16.7 Å². The van der Waals surface area contributed by atoms with Gasteiger partial charge in [-0.2, -0.15) is 0 Å². The van der Waals surface area contributed by atoms with Crippen LogP contribution in [0.2, 0.25) is 0 Å². The second-order valence-corrected chi connectivity index (χ2v) is 6.15. The molecule has 0 heterocycles. The Hall–Kier alpha value is -0.0900. The lowest BCUT2D eigenvalue weighted by molar-refractivity contribution is -0.137. The minimum Gasteiger partial charge on any atom is -0.396 e. The Labute approximate surface area is 106 Å². The highest BCUT2D eigenvalue weighted by atomic mass is 79.9. The minimum absolute atomic E-state index is 0.0130. The van der Waals surface area contributed by atoms with Gasteiger partial charge in [-0.05, 0) is 23.7 Å². The van der Waals surface area contributed by atoms with E-state index in [1.807, 2.05) is 0 Å². The van der Waals surface area contributed by atoms with E-state index in [1.54, 1.807) is 19.0 Å². The lowest BCUT2D eigenvalue weighted by Crippen LogP contribution is -2.46. The van der Waals surface area contributed by atoms with E-state index in [0.717, 1.165) is 18.2 Å². The van der Waals surface area contributed by atoms with E-state index in [0.29, 0.717) is 0 Å². The molecule has 3 nitrogen and oxygen atoms in total. The van der Waals surface area contributed by atoms with Crippen molar-refractivity contribution in [1.29, 1.82) is 0 Å². The molecule has 1 saturated carbocycles. The van der Waals surface area contributed by atoms with Gasteiger partial charge in [0.1, 0.15) is 0 Å². The summed E-state index contributed by atoms with van der Waals surface area (Å²) >= 11 is 3.52. The monoisotopic (exact) mass is 291 g/mol. The summed E-state index contributed by atoms with van der Waals surface area (Å²) in [7, 11) is 3.59. The summed E-state index contributed by atoms with van der Waals surface area (Å²) in [6.45, 7) is 4.33. The van der Waals surface area contributed by atoms with Gasteiger partial charge in [0.15, 0.2) is 0 Å². The zero-order valence-corrected chi connectivity index (χ0v) is 12.2. The maximum absolute atomic E-state index is 12.1. The summed E-state index contributed by atoms with van der Waals surface area (Å²) < 4.78 is 0. The Morgan fingerprint density at radius 1 is 1.50 bits per heavy atom. The number of hydrogen-bond donors (Lipinski definition) is 1. The molecule has 1 rings (SSSR count). The van der Waals surface area contributed by atoms with Crippen LogP contribution in [0, 0.1) is 16.7 Å². The Balaban J connectivity index is 3.03. The number of carbonyl (C=O) groups is 1. The topological polar surface area (TPSA) is 40.5 Å². The Kier molecular flexibility index (Phi) is 4.06. The molecule has 0 spiro atoms. The van der Waals surface area contributed by atoms with Crippen LogP contribution in [0.5, 0.6) is 0 Å². The van der Waals surface area contributed by atoms with Gasteiger partial charge >= 0.3 is 0 Å². The van der Waals surface area contributed by atoms with Crippen molar-refractivity contribution >= 4 is 21.8 Å². The molecule has 16 heavy (non-hydrogen) atoms. The van der Waals surface area contributed by atoms with Gasteiger partial charge in [-0.15, -0.1) is 0 Å². The van der Waals surface area contributed by atoms with E-state index in [-0.39, 0.29) is 29.3 Å². The van der Waals surface area contributed by atoms with Crippen LogP contribution in [-0.4, -0.2) is 41.9 Å². The van der Waals surface area contributed by atoms with Gasteiger partial charge in [-0.3, -0.25) is 4.79 Å². The fourth-order valence-corrected chi connectivity index (χ4v) is 3.78. The largest absolute Gasteiger partial charge is 0.396 e. The lowest BCUT2D eigenvalue weighted by Gasteiger charge is -2.42. The van der Waals surface area contributed by atoms with E-state index in [2.05, 4.69) is 29.8 Å². The SMILES string of the molecule is CN(C)C(=O)C1CCC(C)(CO)C1(C)CBr. The zero-order chi connectivity index (χ0) is 12.6. The van der Waals surface area contributed by atoms with Crippen molar-refractivity contribution < 1.29 is 9.90 Å². The smallest absolute Gasteiger partial charge is 0.225 e. The molecule has 0 aromatic rings. The zero-order valence-electron chi connectivity index (χ0n) is 10.6. The molecule has 0 bridgehead atoms. The van der Waals surface area contributed by atoms with Gasteiger partial charge in [0.25, 0.3) is 0 Å². The third kappa shape index (κ3) is 1.90. The predicted molar refractivity (Wildman–Crippen MR) is 68.5 cm³/mol. The van der Waals surface area contributed by atoms with Crippen molar-refractivity contribution in [3.63, 3.8) is 0 Å². The first-order chi connectivity index (χ1) is 7.32. The van der Waals surface area contributed by atoms with Crippen LogP contribution < -0.4 is 0 Å². The molecule has 0 aliphatic heterocycles. The number of alkyl halides is 1. The summed E-state index contributed by atoms with van der Waals surface area (Å²) in [6, 6.07) is 0. The fourth-order valence-electron chi connectivity index (χ4n) is 2.71. The summed E-state index contributed by atoms with van der Waals surface area (Å²) in [5, 5.41) is 10.3. The van der Waals surface area contributed by atoms with Crippen molar-refractivity contribution in [1.82, 2.24) is 4.90 Å². The highest BCUT2D eigenvalue weighted by Crippen LogP contribution is 2.57. The molecular formula is C12H22BrNO2. The first-order valence-corrected chi connectivity index (χ1v) is 6.82. The number of aliphatic hydroxyl groups is 1. The molecule has 1 aliphatic rings. The van der Waals surface area contributed by atoms with Gasteiger partial charge < -0.3 is 10.0 Å². The van der Waals surface area contributed by atoms with Crippen LogP contribution >= 0.6 is 15.9 Å². The maximum Gasteiger partial charge on any atom is 0.225 e. The normalized spacial score (nSPS) is 38.8. The summed E-state index contributed by atoms with van der Waals surface area (Å²) in [5.41, 5.74) is -0.323. The second-order valence-electron chi connectivity index (χ2n) is 5.59. The molecule has 1 N–H and O–H groups in total. The van der Waals surface area contributed by atoms with Crippen LogP contribution in [0.3, 0.4) is 0 Å². The van der Waals surface area contributed by atoms with Gasteiger partial charge in [0.2, 0.25) is 5.91 Å². The number of nitrogens with zero attached hydrogens (tertiary/aromatic N) is 1. The molecule has 0 saturated heterocycles. The van der Waals surface area contributed by atoms with E-state index in [1.165, 1.54) is 0 Å². The van der Waals surface area contributed by atoms with Crippen LogP contribution in [0.25, 0.3) is 0 Å².